The Kier molecular flexibility index (Phi) is 2.81. The van der Waals surface area contributed by atoms with Crippen LogP contribution < -0.4 is 10.6 Å². The Morgan fingerprint density at radius 3 is 3.00 bits per heavy atom. The second kappa shape index (κ2) is 4.30. The molecular formula is C11H18N4S. The summed E-state index contributed by atoms with van der Waals surface area (Å²) in [7, 11) is 0. The zero-order valence-electron chi connectivity index (χ0n) is 9.43. The Labute approximate surface area is 100 Å². The van der Waals surface area contributed by atoms with Crippen LogP contribution in [-0.2, 0) is 0 Å². The normalized spacial score (nSPS) is 25.3. The number of nitrogens with zero attached hydrogens (tertiary/aromatic N) is 3. The van der Waals surface area contributed by atoms with Crippen molar-refractivity contribution in [3.05, 3.63) is 5.82 Å². The van der Waals surface area contributed by atoms with E-state index >= 15 is 0 Å². The molecule has 2 aliphatic rings. The quantitative estimate of drug-likeness (QED) is 0.865. The van der Waals surface area contributed by atoms with E-state index in [4.69, 9.17) is 5.73 Å². The van der Waals surface area contributed by atoms with E-state index in [-0.39, 0.29) is 0 Å². The lowest BCUT2D eigenvalue weighted by Crippen LogP contribution is -2.20. The second-order valence-corrected chi connectivity index (χ2v) is 5.62. The van der Waals surface area contributed by atoms with Crippen molar-refractivity contribution in [1.82, 2.24) is 9.36 Å². The van der Waals surface area contributed by atoms with Gasteiger partial charge in [0.2, 0.25) is 5.13 Å². The fourth-order valence-electron chi connectivity index (χ4n) is 2.34. The Morgan fingerprint density at radius 1 is 1.38 bits per heavy atom. The molecule has 0 radical (unpaired) electrons. The molecule has 1 atom stereocenters. The summed E-state index contributed by atoms with van der Waals surface area (Å²) in [6.07, 6.45) is 4.97. The molecule has 2 heterocycles. The fourth-order valence-corrected chi connectivity index (χ4v) is 3.12. The zero-order chi connectivity index (χ0) is 11.0. The van der Waals surface area contributed by atoms with Crippen molar-refractivity contribution in [3.8, 4) is 0 Å². The number of anilines is 1. The molecule has 1 aliphatic carbocycles. The summed E-state index contributed by atoms with van der Waals surface area (Å²) >= 11 is 1.57. The average molecular weight is 238 g/mol. The molecule has 0 spiro atoms. The summed E-state index contributed by atoms with van der Waals surface area (Å²) in [4.78, 5) is 7.03. The van der Waals surface area contributed by atoms with Gasteiger partial charge in [-0.3, -0.25) is 0 Å². The summed E-state index contributed by atoms with van der Waals surface area (Å²) in [6, 6.07) is 0. The Bertz CT molecular complexity index is 361. The first kappa shape index (κ1) is 10.5. The van der Waals surface area contributed by atoms with Crippen LogP contribution in [0, 0.1) is 5.92 Å². The molecule has 0 bridgehead atoms. The maximum absolute atomic E-state index is 5.60. The van der Waals surface area contributed by atoms with Gasteiger partial charge in [0.1, 0.15) is 5.82 Å². The van der Waals surface area contributed by atoms with E-state index in [1.54, 1.807) is 11.5 Å². The first-order valence-corrected chi connectivity index (χ1v) is 6.93. The first-order valence-electron chi connectivity index (χ1n) is 6.15. The third-order valence-electron chi connectivity index (χ3n) is 3.50. The molecule has 16 heavy (non-hydrogen) atoms. The molecular weight excluding hydrogens is 220 g/mol. The van der Waals surface area contributed by atoms with E-state index in [0.29, 0.717) is 5.92 Å². The fraction of sp³-hybridized carbons (Fsp3) is 0.818. The molecule has 1 saturated heterocycles. The number of nitrogens with two attached hydrogens (primary N) is 1. The van der Waals surface area contributed by atoms with Crippen molar-refractivity contribution in [1.29, 1.82) is 0 Å². The molecule has 2 fully saturated rings. The van der Waals surface area contributed by atoms with Gasteiger partial charge in [0, 0.05) is 30.5 Å². The standard InChI is InChI=1S/C11H18N4S/c12-5-3-8-4-6-15(7-8)11-13-10(14-16-11)9-1-2-9/h8-9H,1-7,12H2. The van der Waals surface area contributed by atoms with E-state index < -0.39 is 0 Å². The summed E-state index contributed by atoms with van der Waals surface area (Å²) in [5, 5.41) is 1.13. The van der Waals surface area contributed by atoms with Crippen LogP contribution in [0.25, 0.3) is 0 Å². The van der Waals surface area contributed by atoms with Crippen LogP contribution in [0.2, 0.25) is 0 Å². The highest BCUT2D eigenvalue weighted by molar-refractivity contribution is 7.09. The van der Waals surface area contributed by atoms with Gasteiger partial charge in [-0.2, -0.15) is 4.37 Å². The monoisotopic (exact) mass is 238 g/mol. The molecule has 3 rings (SSSR count). The molecule has 1 aliphatic heterocycles. The van der Waals surface area contributed by atoms with Crippen LogP contribution >= 0.6 is 11.5 Å². The second-order valence-electron chi connectivity index (χ2n) is 4.89. The predicted octanol–water partition coefficient (Wildman–Crippen LogP) is 1.59. The highest BCUT2D eigenvalue weighted by Crippen LogP contribution is 2.40. The summed E-state index contributed by atoms with van der Waals surface area (Å²) < 4.78 is 4.46. The Balaban J connectivity index is 1.63. The van der Waals surface area contributed by atoms with E-state index in [0.717, 1.165) is 42.9 Å². The largest absolute Gasteiger partial charge is 0.347 e. The molecule has 88 valence electrons. The van der Waals surface area contributed by atoms with Gasteiger partial charge < -0.3 is 10.6 Å². The van der Waals surface area contributed by atoms with Crippen LogP contribution in [0.1, 0.15) is 37.4 Å². The van der Waals surface area contributed by atoms with Gasteiger partial charge in [-0.05, 0) is 38.1 Å². The Hall–Kier alpha value is -0.680. The molecule has 0 amide bonds. The molecule has 1 unspecified atom stereocenters. The van der Waals surface area contributed by atoms with Crippen molar-refractivity contribution in [2.24, 2.45) is 11.7 Å². The summed E-state index contributed by atoms with van der Waals surface area (Å²) in [6.45, 7) is 3.06. The lowest BCUT2D eigenvalue weighted by molar-refractivity contribution is 0.546. The van der Waals surface area contributed by atoms with Gasteiger partial charge in [0.15, 0.2) is 0 Å². The van der Waals surface area contributed by atoms with Gasteiger partial charge in [-0.15, -0.1) is 0 Å². The Morgan fingerprint density at radius 2 is 2.25 bits per heavy atom. The summed E-state index contributed by atoms with van der Waals surface area (Å²) in [5.41, 5.74) is 5.60. The topological polar surface area (TPSA) is 55.0 Å². The average Bonchev–Trinajstić information content (AvgIpc) is 2.85. The molecule has 4 nitrogen and oxygen atoms in total. The lowest BCUT2D eigenvalue weighted by atomic mass is 10.1. The lowest BCUT2D eigenvalue weighted by Gasteiger charge is -2.13. The minimum atomic E-state index is 0.674. The van der Waals surface area contributed by atoms with Crippen molar-refractivity contribution < 1.29 is 0 Å². The van der Waals surface area contributed by atoms with Crippen LogP contribution in [0.15, 0.2) is 0 Å². The van der Waals surface area contributed by atoms with Crippen molar-refractivity contribution in [2.75, 3.05) is 24.5 Å². The number of rotatable bonds is 4. The maximum atomic E-state index is 5.60. The minimum absolute atomic E-state index is 0.674. The van der Waals surface area contributed by atoms with Gasteiger partial charge in [0.25, 0.3) is 0 Å². The van der Waals surface area contributed by atoms with E-state index in [1.165, 1.54) is 19.3 Å². The van der Waals surface area contributed by atoms with Crippen LogP contribution in [0.4, 0.5) is 5.13 Å². The number of hydrogen-bond acceptors (Lipinski definition) is 5. The smallest absolute Gasteiger partial charge is 0.205 e. The SMILES string of the molecule is NCCC1CCN(c2nc(C3CC3)ns2)C1. The number of hydrogen-bond donors (Lipinski definition) is 1. The third-order valence-corrected chi connectivity index (χ3v) is 4.30. The zero-order valence-corrected chi connectivity index (χ0v) is 10.2. The maximum Gasteiger partial charge on any atom is 0.205 e. The molecule has 0 aromatic carbocycles. The van der Waals surface area contributed by atoms with Crippen molar-refractivity contribution in [2.45, 2.75) is 31.6 Å². The van der Waals surface area contributed by atoms with Crippen LogP contribution in [0.3, 0.4) is 0 Å². The summed E-state index contributed by atoms with van der Waals surface area (Å²) in [5.74, 6) is 2.52. The van der Waals surface area contributed by atoms with E-state index in [2.05, 4.69) is 14.3 Å². The third kappa shape index (κ3) is 2.06. The van der Waals surface area contributed by atoms with Crippen molar-refractivity contribution in [3.63, 3.8) is 0 Å². The highest BCUT2D eigenvalue weighted by Gasteiger charge is 2.30. The predicted molar refractivity (Wildman–Crippen MR) is 65.9 cm³/mol. The van der Waals surface area contributed by atoms with Crippen LogP contribution in [0.5, 0.6) is 0 Å². The van der Waals surface area contributed by atoms with E-state index in [1.807, 2.05) is 0 Å². The van der Waals surface area contributed by atoms with E-state index in [9.17, 15) is 0 Å². The minimum Gasteiger partial charge on any atom is -0.347 e. The molecule has 1 aromatic heterocycles. The molecule has 5 heteroatoms. The van der Waals surface area contributed by atoms with Gasteiger partial charge in [0.05, 0.1) is 0 Å². The first-order chi connectivity index (χ1) is 7.86. The van der Waals surface area contributed by atoms with Crippen molar-refractivity contribution >= 4 is 16.7 Å². The molecule has 1 aromatic rings. The highest BCUT2D eigenvalue weighted by atomic mass is 32.1. The molecule has 2 N–H and O–H groups in total. The number of aromatic nitrogens is 2. The molecule has 1 saturated carbocycles. The van der Waals surface area contributed by atoms with Gasteiger partial charge in [-0.25, -0.2) is 4.98 Å². The van der Waals surface area contributed by atoms with Gasteiger partial charge >= 0.3 is 0 Å². The van der Waals surface area contributed by atoms with Crippen LogP contribution in [-0.4, -0.2) is 29.0 Å². The van der Waals surface area contributed by atoms with Gasteiger partial charge in [-0.1, -0.05) is 0 Å².